The normalized spacial score (nSPS) is 20.6. The van der Waals surface area contributed by atoms with E-state index in [9.17, 15) is 4.79 Å². The molecule has 1 saturated heterocycles. The van der Waals surface area contributed by atoms with Gasteiger partial charge in [0.15, 0.2) is 0 Å². The van der Waals surface area contributed by atoms with E-state index in [1.54, 1.807) is 0 Å². The molecule has 2 N–H and O–H groups in total. The van der Waals surface area contributed by atoms with Gasteiger partial charge in [-0.15, -0.1) is 0 Å². The number of hydrogen-bond donors (Lipinski definition) is 2. The predicted molar refractivity (Wildman–Crippen MR) is 118 cm³/mol. The number of carbonyl (C=O) groups excluding carboxylic acids is 1. The summed E-state index contributed by atoms with van der Waals surface area (Å²) in [5.41, 5.74) is 4.96. The molecule has 1 fully saturated rings. The first-order valence-electron chi connectivity index (χ1n) is 10.8. The van der Waals surface area contributed by atoms with Crippen LogP contribution in [-0.2, 0) is 17.8 Å². The minimum Gasteiger partial charge on any atom is -0.493 e. The summed E-state index contributed by atoms with van der Waals surface area (Å²) in [6.45, 7) is 5.97. The van der Waals surface area contributed by atoms with Gasteiger partial charge in [-0.1, -0.05) is 29.8 Å². The zero-order valence-electron chi connectivity index (χ0n) is 17.6. The van der Waals surface area contributed by atoms with Gasteiger partial charge in [-0.3, -0.25) is 4.79 Å². The molecule has 30 heavy (non-hydrogen) atoms. The van der Waals surface area contributed by atoms with Crippen molar-refractivity contribution in [1.29, 1.82) is 0 Å². The number of hydrogen-bond acceptors (Lipinski definition) is 4. The molecule has 0 radical (unpaired) electrons. The van der Waals surface area contributed by atoms with Crippen LogP contribution in [-0.4, -0.2) is 25.1 Å². The fraction of sp³-hybridized carbons (Fsp3) is 0.458. The first-order valence-corrected chi connectivity index (χ1v) is 11.1. The summed E-state index contributed by atoms with van der Waals surface area (Å²) in [7, 11) is 0. The lowest BCUT2D eigenvalue weighted by Gasteiger charge is -2.24. The van der Waals surface area contributed by atoms with Crippen LogP contribution in [0.5, 0.6) is 11.5 Å². The van der Waals surface area contributed by atoms with Crippen molar-refractivity contribution in [3.63, 3.8) is 0 Å². The van der Waals surface area contributed by atoms with Crippen molar-refractivity contribution in [2.24, 2.45) is 0 Å². The van der Waals surface area contributed by atoms with E-state index in [0.29, 0.717) is 36.9 Å². The Morgan fingerprint density at radius 3 is 2.83 bits per heavy atom. The van der Waals surface area contributed by atoms with Crippen LogP contribution >= 0.6 is 11.6 Å². The minimum atomic E-state index is 0.0155. The van der Waals surface area contributed by atoms with Crippen molar-refractivity contribution < 1.29 is 14.3 Å². The highest BCUT2D eigenvalue weighted by Gasteiger charge is 2.26. The Morgan fingerprint density at radius 1 is 1.20 bits per heavy atom. The Morgan fingerprint density at radius 2 is 2.07 bits per heavy atom. The van der Waals surface area contributed by atoms with E-state index in [0.717, 1.165) is 30.6 Å². The van der Waals surface area contributed by atoms with Gasteiger partial charge in [-0.05, 0) is 55.9 Å². The number of nitrogens with one attached hydrogen (secondary N) is 2. The molecular formula is C24H29ClN2O3. The lowest BCUT2D eigenvalue weighted by Crippen LogP contribution is -2.45. The fourth-order valence-electron chi connectivity index (χ4n) is 4.33. The Balaban J connectivity index is 1.49. The molecule has 5 nitrogen and oxygen atoms in total. The highest BCUT2D eigenvalue weighted by Crippen LogP contribution is 2.40. The van der Waals surface area contributed by atoms with E-state index in [4.69, 9.17) is 21.1 Å². The molecule has 0 aromatic heterocycles. The zero-order valence-corrected chi connectivity index (χ0v) is 18.3. The minimum absolute atomic E-state index is 0.0155. The molecule has 0 bridgehead atoms. The van der Waals surface area contributed by atoms with Gasteiger partial charge in [-0.2, -0.15) is 0 Å². The van der Waals surface area contributed by atoms with Crippen LogP contribution in [0.3, 0.4) is 0 Å². The highest BCUT2D eigenvalue weighted by atomic mass is 35.5. The Kier molecular flexibility index (Phi) is 6.49. The molecule has 2 atom stereocenters. The van der Waals surface area contributed by atoms with Crippen LogP contribution in [0.4, 0.5) is 0 Å². The molecule has 1 aliphatic carbocycles. The van der Waals surface area contributed by atoms with E-state index in [2.05, 4.69) is 35.8 Å². The van der Waals surface area contributed by atoms with Crippen LogP contribution in [0, 0.1) is 6.92 Å². The highest BCUT2D eigenvalue weighted by molar-refractivity contribution is 6.32. The first kappa shape index (κ1) is 21.0. The molecule has 160 valence electrons. The van der Waals surface area contributed by atoms with Crippen LogP contribution < -0.4 is 20.1 Å². The first-order chi connectivity index (χ1) is 14.5. The molecule has 4 rings (SSSR count). The van der Waals surface area contributed by atoms with Crippen molar-refractivity contribution in [2.75, 3.05) is 13.2 Å². The van der Waals surface area contributed by atoms with Gasteiger partial charge in [0.25, 0.3) is 0 Å². The summed E-state index contributed by atoms with van der Waals surface area (Å²) < 4.78 is 12.3. The maximum atomic E-state index is 11.4. The van der Waals surface area contributed by atoms with Crippen LogP contribution in [0.25, 0.3) is 0 Å². The second-order valence-corrected chi connectivity index (χ2v) is 8.44. The summed E-state index contributed by atoms with van der Waals surface area (Å²) in [5, 5.41) is 7.00. The Labute approximate surface area is 183 Å². The lowest BCUT2D eigenvalue weighted by molar-refractivity contribution is -0.122. The van der Waals surface area contributed by atoms with Gasteiger partial charge in [0.1, 0.15) is 17.6 Å². The SMILES string of the molecule is CCOc1cc(O[C@H]2CCc3c(C)cccc32)c(Cl)cc1CN[C@H]1CCC(=O)NC1. The Bertz CT molecular complexity index is 921. The number of carbonyl (C=O) groups is 1. The third kappa shape index (κ3) is 4.57. The number of rotatable bonds is 7. The number of aryl methyl sites for hydroxylation is 1. The quantitative estimate of drug-likeness (QED) is 0.682. The average Bonchev–Trinajstić information content (AvgIpc) is 3.15. The molecule has 0 spiro atoms. The molecule has 0 saturated carbocycles. The molecule has 1 amide bonds. The Hall–Kier alpha value is -2.24. The van der Waals surface area contributed by atoms with Gasteiger partial charge in [0.2, 0.25) is 5.91 Å². The van der Waals surface area contributed by atoms with E-state index in [-0.39, 0.29) is 18.1 Å². The topological polar surface area (TPSA) is 59.6 Å². The summed E-state index contributed by atoms with van der Waals surface area (Å²) >= 11 is 6.61. The van der Waals surface area contributed by atoms with Gasteiger partial charge in [0.05, 0.1) is 11.6 Å². The molecule has 6 heteroatoms. The second-order valence-electron chi connectivity index (χ2n) is 8.03. The smallest absolute Gasteiger partial charge is 0.220 e. The second kappa shape index (κ2) is 9.27. The number of benzene rings is 2. The lowest BCUT2D eigenvalue weighted by atomic mass is 10.0. The molecule has 2 aromatic carbocycles. The third-order valence-corrected chi connectivity index (χ3v) is 6.28. The van der Waals surface area contributed by atoms with Gasteiger partial charge < -0.3 is 20.1 Å². The summed E-state index contributed by atoms with van der Waals surface area (Å²) in [6.07, 6.45) is 3.40. The van der Waals surface area contributed by atoms with Gasteiger partial charge >= 0.3 is 0 Å². The predicted octanol–water partition coefficient (Wildman–Crippen LogP) is 4.48. The largest absolute Gasteiger partial charge is 0.493 e. The van der Waals surface area contributed by atoms with Gasteiger partial charge in [0, 0.05) is 37.2 Å². The molecule has 0 unspecified atom stereocenters. The molecule has 1 heterocycles. The number of halogens is 1. The molecule has 2 aromatic rings. The summed E-state index contributed by atoms with van der Waals surface area (Å²) in [5.74, 6) is 1.57. The van der Waals surface area contributed by atoms with E-state index in [1.165, 1.54) is 16.7 Å². The average molecular weight is 429 g/mol. The molecule has 2 aliphatic rings. The van der Waals surface area contributed by atoms with E-state index >= 15 is 0 Å². The summed E-state index contributed by atoms with van der Waals surface area (Å²) in [4.78, 5) is 11.4. The monoisotopic (exact) mass is 428 g/mol. The number of ether oxygens (including phenoxy) is 2. The number of piperidine rings is 1. The van der Waals surface area contributed by atoms with Crippen molar-refractivity contribution in [3.8, 4) is 11.5 Å². The van der Waals surface area contributed by atoms with Crippen molar-refractivity contribution in [3.05, 3.63) is 57.6 Å². The van der Waals surface area contributed by atoms with Crippen LogP contribution in [0.1, 0.15) is 54.5 Å². The maximum Gasteiger partial charge on any atom is 0.220 e. The third-order valence-electron chi connectivity index (χ3n) is 5.98. The molecule has 1 aliphatic heterocycles. The molecular weight excluding hydrogens is 400 g/mol. The van der Waals surface area contributed by atoms with Crippen molar-refractivity contribution >= 4 is 17.5 Å². The zero-order chi connectivity index (χ0) is 21.1. The van der Waals surface area contributed by atoms with Crippen LogP contribution in [0.2, 0.25) is 5.02 Å². The standard InChI is InChI=1S/C24H29ClN2O3/c1-3-29-22-12-23(30-21-9-8-18-15(2)5-4-6-19(18)21)20(25)11-16(22)13-26-17-7-10-24(28)27-14-17/h4-6,11-12,17,21,26H,3,7-10,13-14H2,1-2H3,(H,27,28)/t17-,21-/m0/s1. The number of fused-ring (bicyclic) bond motifs is 1. The fourth-order valence-corrected chi connectivity index (χ4v) is 4.56. The van der Waals surface area contributed by atoms with E-state index < -0.39 is 0 Å². The number of amides is 1. The summed E-state index contributed by atoms with van der Waals surface area (Å²) in [6, 6.07) is 10.5. The maximum absolute atomic E-state index is 11.4. The van der Waals surface area contributed by atoms with Gasteiger partial charge in [-0.25, -0.2) is 0 Å². The van der Waals surface area contributed by atoms with Crippen LogP contribution in [0.15, 0.2) is 30.3 Å². The van der Waals surface area contributed by atoms with E-state index in [1.807, 2.05) is 19.1 Å². The van der Waals surface area contributed by atoms with Crippen molar-refractivity contribution in [2.45, 2.75) is 58.2 Å². The van der Waals surface area contributed by atoms with Crippen molar-refractivity contribution in [1.82, 2.24) is 10.6 Å².